The minimum Gasteiger partial charge on any atom is -0.399 e. The van der Waals surface area contributed by atoms with Crippen molar-refractivity contribution in [2.24, 2.45) is 0 Å². The Balaban J connectivity index is 1.35. The number of benzene rings is 1. The van der Waals surface area contributed by atoms with Crippen LogP contribution in [0, 0.1) is 11.6 Å². The number of piperidine rings is 1. The lowest BCUT2D eigenvalue weighted by molar-refractivity contribution is -0.276. The van der Waals surface area contributed by atoms with Gasteiger partial charge in [0.2, 0.25) is 11.7 Å². The molecule has 0 spiro atoms. The zero-order chi connectivity index (χ0) is 21.6. The van der Waals surface area contributed by atoms with Gasteiger partial charge in [0.25, 0.3) is 0 Å². The van der Waals surface area contributed by atoms with E-state index in [1.54, 1.807) is 4.90 Å². The predicted octanol–water partition coefficient (Wildman–Crippen LogP) is 1.97. The van der Waals surface area contributed by atoms with Crippen molar-refractivity contribution < 1.29 is 41.0 Å². The lowest BCUT2D eigenvalue weighted by Crippen LogP contribution is -2.63. The van der Waals surface area contributed by atoms with Crippen molar-refractivity contribution in [2.45, 2.75) is 30.8 Å². The third-order valence-electron chi connectivity index (χ3n) is 5.46. The molecule has 0 aromatic heterocycles. The van der Waals surface area contributed by atoms with Crippen LogP contribution in [0.1, 0.15) is 17.9 Å². The highest BCUT2D eigenvalue weighted by molar-refractivity contribution is 5.79. The van der Waals surface area contributed by atoms with Crippen LogP contribution in [0.5, 0.6) is 5.75 Å². The molecule has 1 aromatic carbocycles. The number of hydrogen-bond acceptors (Lipinski definition) is 4. The van der Waals surface area contributed by atoms with Crippen LogP contribution in [0.15, 0.2) is 12.1 Å². The molecule has 3 aliphatic rings. The molecular weight excluding hydrogens is 417 g/mol. The molecule has 164 valence electrons. The largest absolute Gasteiger partial charge is 0.573 e. The van der Waals surface area contributed by atoms with Crippen molar-refractivity contribution >= 4 is 11.9 Å². The standard InChI is InChI=1S/C18H18F5N3O4/c19-11-3-9(4-12(20)16(11)30-18(21,22)23)10-5-26(6-10)17(28)25-2-1-14-13(7-25)24-15(27)8-29-14/h3-4,10,13-14H,1-2,5-8H2,(H,24,27)/t13-,14+/m1/s1. The zero-order valence-corrected chi connectivity index (χ0v) is 15.5. The average Bonchev–Trinajstić information content (AvgIpc) is 2.62. The summed E-state index contributed by atoms with van der Waals surface area (Å²) in [5, 5.41) is 2.79. The first kappa shape index (κ1) is 20.6. The second-order valence-electron chi connectivity index (χ2n) is 7.50. The monoisotopic (exact) mass is 435 g/mol. The Labute approximate surface area is 167 Å². The Bertz CT molecular complexity index is 836. The van der Waals surface area contributed by atoms with Gasteiger partial charge in [-0.1, -0.05) is 0 Å². The predicted molar refractivity (Wildman–Crippen MR) is 90.6 cm³/mol. The number of alkyl halides is 3. The lowest BCUT2D eigenvalue weighted by atomic mass is 9.91. The number of nitrogens with one attached hydrogen (secondary N) is 1. The first-order valence-corrected chi connectivity index (χ1v) is 9.30. The number of ether oxygens (including phenoxy) is 2. The van der Waals surface area contributed by atoms with E-state index >= 15 is 0 Å². The number of rotatable bonds is 2. The maximum Gasteiger partial charge on any atom is 0.573 e. The molecule has 0 aliphatic carbocycles. The summed E-state index contributed by atoms with van der Waals surface area (Å²) in [6, 6.07) is 1.02. The normalized spacial score (nSPS) is 24.8. The van der Waals surface area contributed by atoms with Crippen LogP contribution >= 0.6 is 0 Å². The summed E-state index contributed by atoms with van der Waals surface area (Å²) in [7, 11) is 0. The molecule has 30 heavy (non-hydrogen) atoms. The van der Waals surface area contributed by atoms with Crippen molar-refractivity contribution in [3.05, 3.63) is 29.3 Å². The van der Waals surface area contributed by atoms with Crippen LogP contribution in [0.25, 0.3) is 0 Å². The third-order valence-corrected chi connectivity index (χ3v) is 5.46. The summed E-state index contributed by atoms with van der Waals surface area (Å²) in [4.78, 5) is 27.2. The molecule has 1 aromatic rings. The zero-order valence-electron chi connectivity index (χ0n) is 15.5. The summed E-state index contributed by atoms with van der Waals surface area (Å²) in [6.07, 6.45) is -4.77. The van der Waals surface area contributed by atoms with Crippen LogP contribution < -0.4 is 10.1 Å². The summed E-state index contributed by atoms with van der Waals surface area (Å²) in [5.41, 5.74) is 0.148. The molecule has 2 atom stereocenters. The van der Waals surface area contributed by atoms with Crippen LogP contribution in [-0.2, 0) is 9.53 Å². The number of fused-ring (bicyclic) bond motifs is 1. The molecule has 3 amide bonds. The molecular formula is C18H18F5N3O4. The Kier molecular flexibility index (Phi) is 5.20. The first-order valence-electron chi connectivity index (χ1n) is 9.30. The first-order chi connectivity index (χ1) is 14.1. The molecule has 12 heteroatoms. The van der Waals surface area contributed by atoms with Crippen molar-refractivity contribution in [2.75, 3.05) is 32.8 Å². The summed E-state index contributed by atoms with van der Waals surface area (Å²) < 4.78 is 73.4. The molecule has 7 nitrogen and oxygen atoms in total. The summed E-state index contributed by atoms with van der Waals surface area (Å²) in [5.74, 6) is -5.06. The van der Waals surface area contributed by atoms with Crippen molar-refractivity contribution in [1.82, 2.24) is 15.1 Å². The fourth-order valence-corrected chi connectivity index (χ4v) is 3.95. The molecule has 0 unspecified atom stereocenters. The maximum absolute atomic E-state index is 13.9. The van der Waals surface area contributed by atoms with Crippen molar-refractivity contribution in [1.29, 1.82) is 0 Å². The molecule has 3 aliphatic heterocycles. The van der Waals surface area contributed by atoms with Gasteiger partial charge < -0.3 is 24.6 Å². The fraction of sp³-hybridized carbons (Fsp3) is 0.556. The van der Waals surface area contributed by atoms with Crippen molar-refractivity contribution in [3.8, 4) is 5.75 Å². The van der Waals surface area contributed by atoms with Gasteiger partial charge in [0.15, 0.2) is 11.6 Å². The van der Waals surface area contributed by atoms with Gasteiger partial charge in [0.1, 0.15) is 6.61 Å². The van der Waals surface area contributed by atoms with E-state index in [0.29, 0.717) is 19.5 Å². The van der Waals surface area contributed by atoms with Crippen LogP contribution in [0.4, 0.5) is 26.7 Å². The molecule has 1 N–H and O–H groups in total. The Morgan fingerprint density at radius 2 is 1.80 bits per heavy atom. The van der Waals surface area contributed by atoms with Crippen LogP contribution in [-0.4, -0.2) is 73.0 Å². The molecule has 4 rings (SSSR count). The second-order valence-corrected chi connectivity index (χ2v) is 7.50. The summed E-state index contributed by atoms with van der Waals surface area (Å²) in [6.45, 7) is 1.09. The Morgan fingerprint density at radius 3 is 2.43 bits per heavy atom. The minimum atomic E-state index is -5.21. The van der Waals surface area contributed by atoms with E-state index in [2.05, 4.69) is 10.1 Å². The van der Waals surface area contributed by atoms with Crippen LogP contribution in [0.2, 0.25) is 0 Å². The molecule has 0 bridgehead atoms. The highest BCUT2D eigenvalue weighted by atomic mass is 19.4. The van der Waals surface area contributed by atoms with E-state index in [-0.39, 0.29) is 49.3 Å². The number of likely N-dealkylation sites (tertiary alicyclic amines) is 2. The number of hydrogen-bond donors (Lipinski definition) is 1. The van der Waals surface area contributed by atoms with Gasteiger partial charge in [-0.3, -0.25) is 4.79 Å². The quantitative estimate of drug-likeness (QED) is 0.722. The second kappa shape index (κ2) is 7.56. The van der Waals surface area contributed by atoms with Gasteiger partial charge in [-0.15, -0.1) is 13.2 Å². The molecule has 0 radical (unpaired) electrons. The van der Waals surface area contributed by atoms with Crippen LogP contribution in [0.3, 0.4) is 0 Å². The topological polar surface area (TPSA) is 71.1 Å². The number of carbonyl (C=O) groups is 2. The molecule has 3 heterocycles. The van der Waals surface area contributed by atoms with E-state index in [0.717, 1.165) is 12.1 Å². The van der Waals surface area contributed by atoms with Gasteiger partial charge in [-0.05, 0) is 24.1 Å². The van der Waals surface area contributed by atoms with Gasteiger partial charge in [0, 0.05) is 32.1 Å². The SMILES string of the molecule is O=C1CO[C@H]2CCN(C(=O)N3CC(c4cc(F)c(OC(F)(F)F)c(F)c4)C3)C[C@H]2N1. The van der Waals surface area contributed by atoms with Gasteiger partial charge in [-0.25, -0.2) is 13.6 Å². The van der Waals surface area contributed by atoms with Gasteiger partial charge in [0.05, 0.1) is 12.1 Å². The van der Waals surface area contributed by atoms with Gasteiger partial charge in [-0.2, -0.15) is 0 Å². The number of urea groups is 1. The minimum absolute atomic E-state index is 0.00282. The molecule has 0 saturated carbocycles. The highest BCUT2D eigenvalue weighted by Crippen LogP contribution is 2.35. The number of morpholine rings is 1. The third kappa shape index (κ3) is 4.13. The van der Waals surface area contributed by atoms with E-state index < -0.39 is 29.7 Å². The lowest BCUT2D eigenvalue weighted by Gasteiger charge is -2.46. The molecule has 3 saturated heterocycles. The maximum atomic E-state index is 13.9. The Morgan fingerprint density at radius 1 is 1.13 bits per heavy atom. The Hall–Kier alpha value is -2.63. The van der Waals surface area contributed by atoms with E-state index in [1.165, 1.54) is 4.90 Å². The number of halogens is 5. The number of amides is 3. The van der Waals surface area contributed by atoms with Crippen molar-refractivity contribution in [3.63, 3.8) is 0 Å². The molecule has 3 fully saturated rings. The van der Waals surface area contributed by atoms with Gasteiger partial charge >= 0.3 is 12.4 Å². The summed E-state index contributed by atoms with van der Waals surface area (Å²) >= 11 is 0. The van der Waals surface area contributed by atoms with E-state index in [9.17, 15) is 31.5 Å². The van der Waals surface area contributed by atoms with E-state index in [4.69, 9.17) is 4.74 Å². The average molecular weight is 435 g/mol. The fourth-order valence-electron chi connectivity index (χ4n) is 3.95. The number of carbonyl (C=O) groups excluding carboxylic acids is 2. The number of nitrogens with zero attached hydrogens (tertiary/aromatic N) is 2. The smallest absolute Gasteiger partial charge is 0.399 e. The van der Waals surface area contributed by atoms with E-state index in [1.807, 2.05) is 0 Å². The highest BCUT2D eigenvalue weighted by Gasteiger charge is 2.41.